The van der Waals surface area contributed by atoms with Crippen LogP contribution in [0.5, 0.6) is 11.5 Å². The smallest absolute Gasteiger partial charge is 0.417 e. The van der Waals surface area contributed by atoms with E-state index in [1.54, 1.807) is 0 Å². The summed E-state index contributed by atoms with van der Waals surface area (Å²) in [4.78, 5) is 17.8. The van der Waals surface area contributed by atoms with E-state index < -0.39 is 45.2 Å². The number of aryl methyl sites for hydroxylation is 1. The van der Waals surface area contributed by atoms with E-state index in [2.05, 4.69) is 9.97 Å². The number of alkyl halides is 3. The third-order valence-corrected chi connectivity index (χ3v) is 4.00. The molecule has 0 aliphatic heterocycles. The van der Waals surface area contributed by atoms with Crippen LogP contribution in [0.25, 0.3) is 22.6 Å². The highest BCUT2D eigenvalue weighted by Crippen LogP contribution is 2.40. The average Bonchev–Trinajstić information content (AvgIpc) is 2.64. The Labute approximate surface area is 160 Å². The lowest BCUT2D eigenvalue weighted by Crippen LogP contribution is -2.31. The highest BCUT2D eigenvalue weighted by atomic mass is 19.4. The number of phenolic OH excluding ortho intramolecular Hbond substituents is 2. The Morgan fingerprint density at radius 3 is 2.52 bits per heavy atom. The number of nitro groups is 1. The van der Waals surface area contributed by atoms with E-state index in [4.69, 9.17) is 0 Å². The predicted octanol–water partition coefficient (Wildman–Crippen LogP) is 3.09. The summed E-state index contributed by atoms with van der Waals surface area (Å²) in [5, 5.41) is 42.1. The number of pyridine rings is 1. The van der Waals surface area contributed by atoms with E-state index in [9.17, 15) is 38.7 Å². The summed E-state index contributed by atoms with van der Waals surface area (Å²) in [7, 11) is 0. The van der Waals surface area contributed by atoms with Crippen molar-refractivity contribution in [2.45, 2.75) is 13.1 Å². The molecule has 150 valence electrons. The number of phenols is 2. The van der Waals surface area contributed by atoms with Crippen molar-refractivity contribution in [3.8, 4) is 34.1 Å². The molecular weight excluding hydrogens is 397 g/mol. The van der Waals surface area contributed by atoms with Crippen LogP contribution in [0.4, 0.5) is 18.9 Å². The molecule has 0 saturated carbocycles. The van der Waals surface area contributed by atoms with Gasteiger partial charge in [0, 0.05) is 30.8 Å². The molecule has 0 bridgehead atoms. The molecule has 0 aliphatic carbocycles. The summed E-state index contributed by atoms with van der Waals surface area (Å²) in [6.07, 6.45) is -3.00. The number of rotatable bonds is 3. The fourth-order valence-corrected chi connectivity index (χ4v) is 2.59. The zero-order valence-corrected chi connectivity index (χ0v) is 14.5. The standard InChI is InChI=1S/C17H11F3N4O5/c1-8-4-11(17(18,19)20)10(7-23(8)27)16-21-3-2-12(22-16)9-5-13(24(28)29)15(26)14(25)6-9/h2-7,25-26H,1H3. The second-order valence-corrected chi connectivity index (χ2v) is 5.95. The Kier molecular flexibility index (Phi) is 4.70. The van der Waals surface area contributed by atoms with Gasteiger partial charge in [0.15, 0.2) is 23.5 Å². The molecule has 29 heavy (non-hydrogen) atoms. The van der Waals surface area contributed by atoms with Gasteiger partial charge in [0.05, 0.1) is 21.7 Å². The first-order chi connectivity index (χ1) is 13.5. The largest absolute Gasteiger partial charge is 0.618 e. The highest BCUT2D eigenvalue weighted by molar-refractivity contribution is 5.71. The van der Waals surface area contributed by atoms with E-state index in [0.717, 1.165) is 18.3 Å². The van der Waals surface area contributed by atoms with Crippen LogP contribution < -0.4 is 4.73 Å². The fraction of sp³-hybridized carbons (Fsp3) is 0.118. The number of benzene rings is 1. The Balaban J connectivity index is 2.21. The molecule has 0 radical (unpaired) electrons. The van der Waals surface area contributed by atoms with Crippen molar-refractivity contribution >= 4 is 5.69 Å². The van der Waals surface area contributed by atoms with Crippen LogP contribution in [0.2, 0.25) is 0 Å². The van der Waals surface area contributed by atoms with E-state index in [1.165, 1.54) is 13.0 Å². The quantitative estimate of drug-likeness (QED) is 0.223. The van der Waals surface area contributed by atoms with Gasteiger partial charge in [0.1, 0.15) is 0 Å². The minimum absolute atomic E-state index is 0.0497. The number of aromatic nitrogens is 3. The average molecular weight is 408 g/mol. The lowest BCUT2D eigenvalue weighted by Gasteiger charge is -2.13. The van der Waals surface area contributed by atoms with Crippen LogP contribution in [0.3, 0.4) is 0 Å². The third-order valence-electron chi connectivity index (χ3n) is 4.00. The number of nitrogens with zero attached hydrogens (tertiary/aromatic N) is 4. The van der Waals surface area contributed by atoms with Gasteiger partial charge in [0.25, 0.3) is 0 Å². The second-order valence-electron chi connectivity index (χ2n) is 5.95. The number of hydrogen-bond acceptors (Lipinski definition) is 7. The van der Waals surface area contributed by atoms with Gasteiger partial charge >= 0.3 is 11.9 Å². The molecular formula is C17H11F3N4O5. The number of aromatic hydroxyl groups is 2. The summed E-state index contributed by atoms with van der Waals surface area (Å²) in [5.74, 6) is -2.22. The molecule has 2 aromatic heterocycles. The van der Waals surface area contributed by atoms with Crippen LogP contribution in [0, 0.1) is 22.2 Å². The van der Waals surface area contributed by atoms with Crippen LogP contribution in [-0.4, -0.2) is 25.1 Å². The summed E-state index contributed by atoms with van der Waals surface area (Å²) < 4.78 is 40.5. The lowest BCUT2D eigenvalue weighted by molar-refractivity contribution is -0.612. The van der Waals surface area contributed by atoms with Gasteiger partial charge in [0.2, 0.25) is 5.75 Å². The van der Waals surface area contributed by atoms with Crippen molar-refractivity contribution in [1.82, 2.24) is 9.97 Å². The minimum Gasteiger partial charge on any atom is -0.618 e. The van der Waals surface area contributed by atoms with Crippen LogP contribution in [-0.2, 0) is 6.18 Å². The van der Waals surface area contributed by atoms with Crippen molar-refractivity contribution in [3.63, 3.8) is 0 Å². The first-order valence-electron chi connectivity index (χ1n) is 7.84. The molecule has 1 aromatic carbocycles. The summed E-state index contributed by atoms with van der Waals surface area (Å²) in [6.45, 7) is 1.21. The molecule has 0 saturated heterocycles. The second kappa shape index (κ2) is 6.89. The topological polar surface area (TPSA) is 136 Å². The van der Waals surface area contributed by atoms with Gasteiger partial charge in [-0.1, -0.05) is 0 Å². The lowest BCUT2D eigenvalue weighted by atomic mass is 10.1. The maximum atomic E-state index is 13.4. The molecule has 2 N–H and O–H groups in total. The molecule has 0 amide bonds. The molecule has 3 aromatic rings. The van der Waals surface area contributed by atoms with E-state index >= 15 is 0 Å². The van der Waals surface area contributed by atoms with Crippen LogP contribution in [0.15, 0.2) is 36.7 Å². The summed E-state index contributed by atoms with van der Waals surface area (Å²) in [5.41, 5.74) is -2.83. The van der Waals surface area contributed by atoms with Gasteiger partial charge in [-0.25, -0.2) is 9.97 Å². The minimum atomic E-state index is -4.79. The maximum absolute atomic E-state index is 13.4. The first-order valence-corrected chi connectivity index (χ1v) is 7.84. The zero-order valence-electron chi connectivity index (χ0n) is 14.5. The molecule has 0 atom stereocenters. The van der Waals surface area contributed by atoms with Gasteiger partial charge in [-0.3, -0.25) is 10.1 Å². The molecule has 3 rings (SSSR count). The zero-order chi connectivity index (χ0) is 21.5. The van der Waals surface area contributed by atoms with Gasteiger partial charge in [-0.15, -0.1) is 0 Å². The molecule has 0 aliphatic rings. The van der Waals surface area contributed by atoms with E-state index in [0.29, 0.717) is 12.3 Å². The number of nitro benzene ring substituents is 1. The maximum Gasteiger partial charge on any atom is 0.417 e. The Bertz CT molecular complexity index is 1130. The van der Waals surface area contributed by atoms with Crippen LogP contribution >= 0.6 is 0 Å². The first kappa shape index (κ1) is 19.8. The Morgan fingerprint density at radius 2 is 1.90 bits per heavy atom. The number of halogens is 3. The molecule has 0 fully saturated rings. The monoisotopic (exact) mass is 408 g/mol. The van der Waals surface area contributed by atoms with Crippen molar-refractivity contribution in [2.24, 2.45) is 0 Å². The third kappa shape index (κ3) is 3.72. The van der Waals surface area contributed by atoms with Crippen molar-refractivity contribution in [2.75, 3.05) is 0 Å². The number of hydrogen-bond donors (Lipinski definition) is 2. The molecule has 12 heteroatoms. The fourth-order valence-electron chi connectivity index (χ4n) is 2.59. The normalized spacial score (nSPS) is 11.4. The van der Waals surface area contributed by atoms with Crippen molar-refractivity contribution in [3.05, 3.63) is 63.2 Å². The van der Waals surface area contributed by atoms with E-state index in [1.807, 2.05) is 0 Å². The van der Waals surface area contributed by atoms with Gasteiger partial charge in [-0.05, 0) is 12.1 Å². The highest BCUT2D eigenvalue weighted by Gasteiger charge is 2.37. The molecule has 2 heterocycles. The van der Waals surface area contributed by atoms with Gasteiger partial charge < -0.3 is 15.4 Å². The Hall–Kier alpha value is -3.96. The molecule has 0 unspecified atom stereocenters. The van der Waals surface area contributed by atoms with Crippen molar-refractivity contribution < 1.29 is 33.0 Å². The Morgan fingerprint density at radius 1 is 1.21 bits per heavy atom. The van der Waals surface area contributed by atoms with Crippen LogP contribution in [0.1, 0.15) is 11.3 Å². The summed E-state index contributed by atoms with van der Waals surface area (Å²) in [6, 6.07) is 3.76. The molecule has 9 nitrogen and oxygen atoms in total. The van der Waals surface area contributed by atoms with Gasteiger partial charge in [-0.2, -0.15) is 17.9 Å². The summed E-state index contributed by atoms with van der Waals surface area (Å²) >= 11 is 0. The SMILES string of the molecule is Cc1cc(C(F)(F)F)c(-c2nccc(-c3cc(O)c(O)c([N+](=O)[O-])c3)n2)c[n+]1[O-]. The molecule has 0 spiro atoms. The predicted molar refractivity (Wildman–Crippen MR) is 91.6 cm³/mol. The van der Waals surface area contributed by atoms with E-state index in [-0.39, 0.29) is 21.7 Å². The van der Waals surface area contributed by atoms with Crippen molar-refractivity contribution in [1.29, 1.82) is 0 Å².